The van der Waals surface area contributed by atoms with Gasteiger partial charge in [0.25, 0.3) is 0 Å². The number of benzene rings is 1. The van der Waals surface area contributed by atoms with Crippen LogP contribution in [0.5, 0.6) is 0 Å². The number of nitrogens with zero attached hydrogens (tertiary/aromatic N) is 1. The highest BCUT2D eigenvalue weighted by Crippen LogP contribution is 2.15. The van der Waals surface area contributed by atoms with Crippen LogP contribution in [0.15, 0.2) is 24.3 Å². The van der Waals surface area contributed by atoms with Gasteiger partial charge in [0.2, 0.25) is 0 Å². The van der Waals surface area contributed by atoms with Gasteiger partial charge in [0.05, 0.1) is 12.5 Å². The van der Waals surface area contributed by atoms with E-state index < -0.39 is 5.97 Å². The van der Waals surface area contributed by atoms with E-state index in [0.717, 1.165) is 38.2 Å². The molecule has 4 heteroatoms. The van der Waals surface area contributed by atoms with E-state index in [-0.39, 0.29) is 6.42 Å². The lowest BCUT2D eigenvalue weighted by Gasteiger charge is -2.23. The monoisotopic (exact) mass is 277 g/mol. The Morgan fingerprint density at radius 3 is 2.60 bits per heavy atom. The Labute approximate surface area is 120 Å². The summed E-state index contributed by atoms with van der Waals surface area (Å²) in [6, 6.07) is 7.86. The highest BCUT2D eigenvalue weighted by Gasteiger charge is 2.18. The predicted molar refractivity (Wildman–Crippen MR) is 77.7 cm³/mol. The third kappa shape index (κ3) is 4.62. The van der Waals surface area contributed by atoms with Gasteiger partial charge in [0, 0.05) is 19.7 Å². The fourth-order valence-corrected chi connectivity index (χ4v) is 2.58. The first-order valence-corrected chi connectivity index (χ1v) is 7.31. The molecule has 0 bridgehead atoms. The number of hydrogen-bond acceptors (Lipinski definition) is 3. The molecule has 1 aromatic rings. The van der Waals surface area contributed by atoms with Crippen LogP contribution in [0.3, 0.4) is 0 Å². The van der Waals surface area contributed by atoms with Gasteiger partial charge in [-0.1, -0.05) is 31.2 Å². The van der Waals surface area contributed by atoms with Crippen molar-refractivity contribution in [3.8, 4) is 0 Å². The average Bonchev–Trinajstić information content (AvgIpc) is 2.92. The lowest BCUT2D eigenvalue weighted by atomic mass is 10.1. The molecule has 0 radical (unpaired) electrons. The zero-order valence-electron chi connectivity index (χ0n) is 12.0. The predicted octanol–water partition coefficient (Wildman–Crippen LogP) is 2.31. The van der Waals surface area contributed by atoms with Crippen LogP contribution in [-0.4, -0.2) is 41.8 Å². The summed E-state index contributed by atoms with van der Waals surface area (Å²) in [5.41, 5.74) is 2.07. The van der Waals surface area contributed by atoms with Gasteiger partial charge < -0.3 is 9.84 Å². The Hall–Kier alpha value is -1.39. The summed E-state index contributed by atoms with van der Waals surface area (Å²) in [6.45, 7) is 5.92. The zero-order chi connectivity index (χ0) is 14.4. The maximum absolute atomic E-state index is 10.6. The number of carboxylic acids is 1. The number of aliphatic carboxylic acids is 1. The molecule has 0 spiro atoms. The fraction of sp³-hybridized carbons (Fsp3) is 0.562. The zero-order valence-corrected chi connectivity index (χ0v) is 12.0. The Kier molecular flexibility index (Phi) is 5.56. The number of carbonyl (C=O) groups is 1. The summed E-state index contributed by atoms with van der Waals surface area (Å²) in [6.07, 6.45) is 2.80. The normalized spacial score (nSPS) is 18.6. The van der Waals surface area contributed by atoms with Crippen molar-refractivity contribution >= 4 is 5.97 Å². The van der Waals surface area contributed by atoms with Crippen molar-refractivity contribution in [2.75, 3.05) is 19.7 Å². The van der Waals surface area contributed by atoms with Crippen molar-refractivity contribution in [2.24, 2.45) is 0 Å². The van der Waals surface area contributed by atoms with E-state index in [0.29, 0.717) is 6.10 Å². The van der Waals surface area contributed by atoms with Crippen LogP contribution in [-0.2, 0) is 22.5 Å². The summed E-state index contributed by atoms with van der Waals surface area (Å²) in [4.78, 5) is 13.0. The van der Waals surface area contributed by atoms with Crippen LogP contribution in [0, 0.1) is 0 Å². The van der Waals surface area contributed by atoms with Crippen LogP contribution in [0.4, 0.5) is 0 Å². The van der Waals surface area contributed by atoms with Gasteiger partial charge in [-0.15, -0.1) is 0 Å². The van der Waals surface area contributed by atoms with Crippen LogP contribution in [0.1, 0.15) is 30.9 Å². The van der Waals surface area contributed by atoms with Gasteiger partial charge in [-0.3, -0.25) is 9.69 Å². The van der Waals surface area contributed by atoms with Gasteiger partial charge in [-0.25, -0.2) is 0 Å². The largest absolute Gasteiger partial charge is 0.481 e. The molecule has 1 fully saturated rings. The molecule has 1 N–H and O–H groups in total. The molecular weight excluding hydrogens is 254 g/mol. The Bertz CT molecular complexity index is 424. The van der Waals surface area contributed by atoms with E-state index in [1.165, 1.54) is 12.0 Å². The third-order valence-corrected chi connectivity index (χ3v) is 3.72. The number of hydrogen-bond donors (Lipinski definition) is 1. The molecule has 0 amide bonds. The molecule has 1 aliphatic heterocycles. The van der Waals surface area contributed by atoms with Crippen LogP contribution in [0.2, 0.25) is 0 Å². The standard InChI is InChI=1S/C16H23NO3/c1-2-17(12-15-4-3-9-20-15)11-14-7-5-13(6-8-14)10-16(18)19/h5-8,15H,2-4,9-12H2,1H3,(H,18,19). The number of rotatable bonds is 7. The first kappa shape index (κ1) is 15.0. The molecule has 4 nitrogen and oxygen atoms in total. The second kappa shape index (κ2) is 7.41. The molecule has 0 aliphatic carbocycles. The van der Waals surface area contributed by atoms with Crippen molar-refractivity contribution in [3.63, 3.8) is 0 Å². The topological polar surface area (TPSA) is 49.8 Å². The van der Waals surface area contributed by atoms with Gasteiger partial charge in [0.15, 0.2) is 0 Å². The summed E-state index contributed by atoms with van der Waals surface area (Å²) < 4.78 is 5.68. The number of likely N-dealkylation sites (N-methyl/N-ethyl adjacent to an activating group) is 1. The third-order valence-electron chi connectivity index (χ3n) is 3.72. The number of ether oxygens (including phenoxy) is 1. The van der Waals surface area contributed by atoms with E-state index in [9.17, 15) is 4.79 Å². The van der Waals surface area contributed by atoms with Crippen molar-refractivity contribution in [2.45, 2.75) is 38.8 Å². The second-order valence-electron chi connectivity index (χ2n) is 5.35. The minimum Gasteiger partial charge on any atom is -0.481 e. The molecule has 0 saturated carbocycles. The Morgan fingerprint density at radius 2 is 2.05 bits per heavy atom. The van der Waals surface area contributed by atoms with E-state index in [1.807, 2.05) is 24.3 Å². The summed E-state index contributed by atoms with van der Waals surface area (Å²) in [7, 11) is 0. The van der Waals surface area contributed by atoms with Crippen molar-refractivity contribution in [1.29, 1.82) is 0 Å². The quantitative estimate of drug-likeness (QED) is 0.831. The fourth-order valence-electron chi connectivity index (χ4n) is 2.58. The van der Waals surface area contributed by atoms with Gasteiger partial charge >= 0.3 is 5.97 Å². The van der Waals surface area contributed by atoms with Crippen LogP contribution in [0.25, 0.3) is 0 Å². The number of carboxylic acid groups (broad SMARTS) is 1. The molecule has 1 aliphatic rings. The second-order valence-corrected chi connectivity index (χ2v) is 5.35. The Morgan fingerprint density at radius 1 is 1.35 bits per heavy atom. The van der Waals surface area contributed by atoms with E-state index in [4.69, 9.17) is 9.84 Å². The van der Waals surface area contributed by atoms with Crippen LogP contribution >= 0.6 is 0 Å². The maximum atomic E-state index is 10.6. The first-order valence-electron chi connectivity index (χ1n) is 7.31. The van der Waals surface area contributed by atoms with Crippen molar-refractivity contribution in [3.05, 3.63) is 35.4 Å². The maximum Gasteiger partial charge on any atom is 0.307 e. The van der Waals surface area contributed by atoms with Crippen molar-refractivity contribution < 1.29 is 14.6 Å². The minimum absolute atomic E-state index is 0.0910. The molecular formula is C16H23NO3. The highest BCUT2D eigenvalue weighted by atomic mass is 16.5. The smallest absolute Gasteiger partial charge is 0.307 e. The first-order chi connectivity index (χ1) is 9.67. The molecule has 0 aromatic heterocycles. The molecule has 1 unspecified atom stereocenters. The van der Waals surface area contributed by atoms with E-state index in [2.05, 4.69) is 11.8 Å². The lowest BCUT2D eigenvalue weighted by Crippen LogP contribution is -2.31. The van der Waals surface area contributed by atoms with Crippen LogP contribution < -0.4 is 0 Å². The minimum atomic E-state index is -0.786. The summed E-state index contributed by atoms with van der Waals surface area (Å²) in [5.74, 6) is -0.786. The highest BCUT2D eigenvalue weighted by molar-refractivity contribution is 5.70. The molecule has 2 rings (SSSR count). The molecule has 20 heavy (non-hydrogen) atoms. The van der Waals surface area contributed by atoms with E-state index >= 15 is 0 Å². The molecule has 1 saturated heterocycles. The molecule has 1 atom stereocenters. The molecule has 110 valence electrons. The lowest BCUT2D eigenvalue weighted by molar-refractivity contribution is -0.136. The van der Waals surface area contributed by atoms with Gasteiger partial charge in [-0.05, 0) is 30.5 Å². The van der Waals surface area contributed by atoms with Gasteiger partial charge in [-0.2, -0.15) is 0 Å². The molecule has 1 heterocycles. The van der Waals surface area contributed by atoms with Gasteiger partial charge in [0.1, 0.15) is 0 Å². The summed E-state index contributed by atoms with van der Waals surface area (Å²) in [5, 5.41) is 8.76. The molecule has 1 aromatic carbocycles. The van der Waals surface area contributed by atoms with E-state index in [1.54, 1.807) is 0 Å². The Balaban J connectivity index is 1.88. The van der Waals surface area contributed by atoms with Crippen molar-refractivity contribution in [1.82, 2.24) is 4.90 Å². The average molecular weight is 277 g/mol. The SMILES string of the molecule is CCN(Cc1ccc(CC(=O)O)cc1)CC1CCCO1. The summed E-state index contributed by atoms with van der Waals surface area (Å²) >= 11 is 0.